The number of anilines is 1. The monoisotopic (exact) mass is 468 g/mol. The van der Waals surface area contributed by atoms with E-state index in [-0.39, 0.29) is 5.75 Å². The molecule has 2 N–H and O–H groups in total. The molecule has 0 aromatic heterocycles. The van der Waals surface area contributed by atoms with E-state index in [4.69, 9.17) is 9.47 Å². The van der Waals surface area contributed by atoms with Crippen molar-refractivity contribution in [2.24, 2.45) is 0 Å². The molecule has 5 rings (SSSR count). The van der Waals surface area contributed by atoms with Crippen molar-refractivity contribution in [1.82, 2.24) is 4.90 Å². The molecule has 1 fully saturated rings. The van der Waals surface area contributed by atoms with E-state index < -0.39 is 0 Å². The second-order valence-corrected chi connectivity index (χ2v) is 9.03. The molecule has 35 heavy (non-hydrogen) atoms. The Balaban J connectivity index is 1.37. The number of aromatic hydroxyl groups is 1. The molecule has 5 heteroatoms. The van der Waals surface area contributed by atoms with Gasteiger partial charge in [0.1, 0.15) is 23.0 Å². The lowest BCUT2D eigenvalue weighted by atomic mass is 9.99. The minimum absolute atomic E-state index is 0.241. The van der Waals surface area contributed by atoms with Crippen LogP contribution in [0.5, 0.6) is 23.0 Å². The fourth-order valence-corrected chi connectivity index (χ4v) is 4.68. The first-order valence-electron chi connectivity index (χ1n) is 12.3. The highest BCUT2D eigenvalue weighted by molar-refractivity contribution is 5.96. The van der Waals surface area contributed by atoms with Crippen LogP contribution in [0.2, 0.25) is 0 Å². The predicted octanol–water partition coefficient (Wildman–Crippen LogP) is 6.91. The Bertz CT molecular complexity index is 1260. The Labute approximate surface area is 206 Å². The number of ether oxygens (including phenoxy) is 2. The number of phenolic OH excluding ortho intramolecular Hbond substituents is 1. The van der Waals surface area contributed by atoms with Crippen LogP contribution in [-0.2, 0) is 0 Å². The number of likely N-dealkylation sites (tertiary alicyclic amines) is 1. The first-order chi connectivity index (χ1) is 17.2. The predicted molar refractivity (Wildman–Crippen MR) is 143 cm³/mol. The molecule has 0 spiro atoms. The van der Waals surface area contributed by atoms with E-state index in [1.54, 1.807) is 19.2 Å². The van der Waals surface area contributed by atoms with Crippen LogP contribution in [0.4, 0.5) is 5.69 Å². The lowest BCUT2D eigenvalue weighted by Crippen LogP contribution is -2.33. The fourth-order valence-electron chi connectivity index (χ4n) is 4.68. The van der Waals surface area contributed by atoms with Gasteiger partial charge >= 0.3 is 0 Å². The molecule has 5 nitrogen and oxygen atoms in total. The van der Waals surface area contributed by atoms with Gasteiger partial charge in [-0.25, -0.2) is 0 Å². The first-order valence-corrected chi connectivity index (χ1v) is 12.3. The van der Waals surface area contributed by atoms with Gasteiger partial charge < -0.3 is 24.8 Å². The van der Waals surface area contributed by atoms with E-state index in [0.717, 1.165) is 57.9 Å². The smallest absolute Gasteiger partial charge is 0.143 e. The van der Waals surface area contributed by atoms with Crippen molar-refractivity contribution in [3.05, 3.63) is 78.9 Å². The topological polar surface area (TPSA) is 54.0 Å². The molecular formula is C30H32N2O3. The van der Waals surface area contributed by atoms with Crippen molar-refractivity contribution in [3.63, 3.8) is 0 Å². The summed E-state index contributed by atoms with van der Waals surface area (Å²) in [7, 11) is 1.67. The lowest BCUT2D eigenvalue weighted by molar-refractivity contribution is 0.237. The summed E-state index contributed by atoms with van der Waals surface area (Å²) in [5.74, 6) is 2.60. The Hall–Kier alpha value is -3.70. The van der Waals surface area contributed by atoms with Crippen LogP contribution in [-0.4, -0.2) is 43.3 Å². The Morgan fingerprint density at radius 1 is 0.829 bits per heavy atom. The zero-order chi connectivity index (χ0) is 24.0. The van der Waals surface area contributed by atoms with Crippen LogP contribution in [0.15, 0.2) is 78.9 Å². The number of hydrogen-bond donors (Lipinski definition) is 2. The molecule has 1 heterocycles. The van der Waals surface area contributed by atoms with Gasteiger partial charge in [-0.2, -0.15) is 0 Å². The van der Waals surface area contributed by atoms with Gasteiger partial charge in [0.25, 0.3) is 0 Å². The average molecular weight is 469 g/mol. The van der Waals surface area contributed by atoms with E-state index in [9.17, 15) is 5.11 Å². The summed E-state index contributed by atoms with van der Waals surface area (Å²) in [6.07, 6.45) is 4.00. The van der Waals surface area contributed by atoms with Crippen molar-refractivity contribution in [2.45, 2.75) is 19.3 Å². The molecule has 0 amide bonds. The second kappa shape index (κ2) is 10.7. The molecule has 0 unspecified atom stereocenters. The maximum absolute atomic E-state index is 9.75. The summed E-state index contributed by atoms with van der Waals surface area (Å²) >= 11 is 0. The first kappa shape index (κ1) is 23.1. The van der Waals surface area contributed by atoms with E-state index in [0.29, 0.717) is 0 Å². The fraction of sp³-hybridized carbons (Fsp3) is 0.267. The van der Waals surface area contributed by atoms with Crippen LogP contribution in [0.25, 0.3) is 21.9 Å². The van der Waals surface area contributed by atoms with Crippen molar-refractivity contribution in [3.8, 4) is 34.1 Å². The maximum atomic E-state index is 9.75. The molecule has 1 aliphatic rings. The van der Waals surface area contributed by atoms with Gasteiger partial charge in [-0.1, -0.05) is 24.6 Å². The van der Waals surface area contributed by atoms with Crippen LogP contribution < -0.4 is 14.8 Å². The van der Waals surface area contributed by atoms with E-state index in [2.05, 4.69) is 34.5 Å². The normalized spacial score (nSPS) is 14.1. The molecule has 0 aliphatic carbocycles. The number of nitrogens with one attached hydrogen (secondary N) is 1. The van der Waals surface area contributed by atoms with Crippen molar-refractivity contribution in [1.29, 1.82) is 0 Å². The maximum Gasteiger partial charge on any atom is 0.143 e. The minimum atomic E-state index is 0.241. The molecule has 0 atom stereocenters. The number of nitrogens with zero attached hydrogens (tertiary/aromatic N) is 1. The minimum Gasteiger partial charge on any atom is -0.508 e. The highest BCUT2D eigenvalue weighted by atomic mass is 16.5. The molecule has 4 aromatic rings. The summed E-state index contributed by atoms with van der Waals surface area (Å²) in [6, 6.07) is 25.5. The lowest BCUT2D eigenvalue weighted by Gasteiger charge is -2.26. The van der Waals surface area contributed by atoms with Crippen LogP contribution in [0.3, 0.4) is 0 Å². The average Bonchev–Trinajstić information content (AvgIpc) is 2.91. The molecule has 1 saturated heterocycles. The van der Waals surface area contributed by atoms with Gasteiger partial charge in [0, 0.05) is 29.7 Å². The molecule has 180 valence electrons. The van der Waals surface area contributed by atoms with E-state index >= 15 is 0 Å². The number of piperidine rings is 1. The zero-order valence-corrected chi connectivity index (χ0v) is 20.2. The highest BCUT2D eigenvalue weighted by Crippen LogP contribution is 2.41. The Morgan fingerprint density at radius 2 is 1.57 bits per heavy atom. The van der Waals surface area contributed by atoms with Gasteiger partial charge in [0.05, 0.1) is 7.11 Å². The Kier molecular flexibility index (Phi) is 7.05. The molecule has 0 saturated carbocycles. The largest absolute Gasteiger partial charge is 0.508 e. The summed E-state index contributed by atoms with van der Waals surface area (Å²) in [5, 5.41) is 15.3. The molecule has 1 aliphatic heterocycles. The van der Waals surface area contributed by atoms with E-state index in [1.165, 1.54) is 32.4 Å². The van der Waals surface area contributed by atoms with Crippen LogP contribution >= 0.6 is 0 Å². The summed E-state index contributed by atoms with van der Waals surface area (Å²) in [5.41, 5.74) is 3.04. The number of methoxy groups -OCH3 is 1. The second-order valence-electron chi connectivity index (χ2n) is 9.03. The van der Waals surface area contributed by atoms with Crippen molar-refractivity contribution in [2.75, 3.05) is 38.6 Å². The number of fused-ring (bicyclic) bond motifs is 1. The third-order valence-electron chi connectivity index (χ3n) is 6.64. The van der Waals surface area contributed by atoms with E-state index in [1.807, 2.05) is 42.5 Å². The molecule has 0 radical (unpaired) electrons. The van der Waals surface area contributed by atoms with Gasteiger partial charge in [0.2, 0.25) is 0 Å². The number of phenols is 1. The number of rotatable bonds is 8. The Morgan fingerprint density at radius 3 is 2.31 bits per heavy atom. The summed E-state index contributed by atoms with van der Waals surface area (Å²) in [4.78, 5) is 2.54. The summed E-state index contributed by atoms with van der Waals surface area (Å²) < 4.78 is 11.9. The van der Waals surface area contributed by atoms with Crippen molar-refractivity contribution < 1.29 is 14.6 Å². The van der Waals surface area contributed by atoms with Crippen LogP contribution in [0.1, 0.15) is 19.3 Å². The number of hydrogen-bond acceptors (Lipinski definition) is 5. The van der Waals surface area contributed by atoms with Crippen molar-refractivity contribution >= 4 is 16.5 Å². The third kappa shape index (κ3) is 5.52. The molecule has 0 bridgehead atoms. The molecular weight excluding hydrogens is 436 g/mol. The third-order valence-corrected chi connectivity index (χ3v) is 6.64. The highest BCUT2D eigenvalue weighted by Gasteiger charge is 2.14. The summed E-state index contributed by atoms with van der Waals surface area (Å²) in [6.45, 7) is 4.45. The van der Waals surface area contributed by atoms with Gasteiger partial charge in [-0.15, -0.1) is 0 Å². The molecule has 4 aromatic carbocycles. The van der Waals surface area contributed by atoms with Crippen LogP contribution in [0, 0.1) is 0 Å². The van der Waals surface area contributed by atoms with Gasteiger partial charge in [-0.05, 0) is 97.5 Å². The zero-order valence-electron chi connectivity index (χ0n) is 20.2. The van der Waals surface area contributed by atoms with Gasteiger partial charge in [0.15, 0.2) is 0 Å². The SMILES string of the molecule is COc1ccc2c(Oc3ccc(NCCN4CCCCC4)cc3)c(-c3ccc(O)cc3)ccc2c1. The van der Waals surface area contributed by atoms with Gasteiger partial charge in [-0.3, -0.25) is 0 Å². The quantitative estimate of drug-likeness (QED) is 0.294. The standard InChI is InChI=1S/C30H32N2O3/c1-34-27-14-16-29-23(21-27)7-15-28(22-5-10-25(33)11-6-22)30(29)35-26-12-8-24(9-13-26)31-17-20-32-18-3-2-4-19-32/h5-16,21,31,33H,2-4,17-20H2,1H3. The number of benzene rings is 4.